The Balaban J connectivity index is 3.47. The van der Waals surface area contributed by atoms with E-state index in [4.69, 9.17) is 0 Å². The van der Waals surface area contributed by atoms with Crippen LogP contribution in [0.3, 0.4) is 0 Å². The van der Waals surface area contributed by atoms with E-state index >= 15 is 0 Å². The van der Waals surface area contributed by atoms with Crippen molar-refractivity contribution in [3.05, 3.63) is 0 Å². The molecule has 0 aromatic heterocycles. The van der Waals surface area contributed by atoms with E-state index < -0.39 is 5.20 Å². The second kappa shape index (κ2) is 1.70. The van der Waals surface area contributed by atoms with Crippen LogP contribution in [0.1, 0.15) is 0 Å². The molecule has 0 heterocycles. The summed E-state index contributed by atoms with van der Waals surface area (Å²) in [5.41, 5.74) is 0. The number of hydrogen-bond donors (Lipinski definition) is 0. The summed E-state index contributed by atoms with van der Waals surface area (Å²) in [5, 5.41) is -3.22. The van der Waals surface area contributed by atoms with Crippen molar-refractivity contribution in [3.8, 4) is 0 Å². The summed E-state index contributed by atoms with van der Waals surface area (Å²) in [6, 6.07) is 0. The Hall–Kier alpha value is 1.10. The van der Waals surface area contributed by atoms with Gasteiger partial charge in [-0.1, -0.05) is 0 Å². The summed E-state index contributed by atoms with van der Waals surface area (Å²) < 4.78 is 9.51. The van der Waals surface area contributed by atoms with Crippen molar-refractivity contribution in [1.82, 2.24) is 0 Å². The molecule has 0 N–H and O–H groups in total. The maximum absolute atomic E-state index is 9.51. The molecular weight excluding hydrogens is 154 g/mol. The Labute approximate surface area is 44.0 Å². The minimum absolute atomic E-state index is 3.22. The molecule has 0 radical (unpaired) electrons. The lowest BCUT2D eigenvalue weighted by atomic mass is 17.0. The molecule has 0 aliphatic heterocycles. The topological polar surface area (TPSA) is 17.1 Å². The molecule has 0 bridgehead atoms. The van der Waals surface area contributed by atoms with Crippen LogP contribution in [0.2, 0.25) is 0 Å². The molecule has 5 heavy (non-hydrogen) atoms. The van der Waals surface area contributed by atoms with E-state index in [0.717, 1.165) is 0 Å². The Morgan fingerprint density at radius 1 is 1.20 bits per heavy atom. The molecule has 0 aromatic carbocycles. The first-order valence-corrected chi connectivity index (χ1v) is 5.11. The van der Waals surface area contributed by atoms with E-state index in [0.29, 0.717) is 0 Å². The monoisotopic (exact) mass is 153 g/mol. The van der Waals surface area contributed by atoms with Crippen molar-refractivity contribution in [1.29, 1.82) is 0 Å². The smallest absolute Gasteiger partial charge is 0.271 e. The van der Waals surface area contributed by atoms with Crippen LogP contribution in [0.15, 0.2) is 0 Å². The van der Waals surface area contributed by atoms with Gasteiger partial charge in [0.25, 0.3) is 0 Å². The van der Waals surface area contributed by atoms with Gasteiger partial charge in [0.2, 0.25) is 0 Å². The fourth-order valence-electron chi connectivity index (χ4n) is 0. The second-order valence-electron chi connectivity index (χ2n) is 0.399. The largest absolute Gasteiger partial charge is 0.339 e. The summed E-state index contributed by atoms with van der Waals surface area (Å²) in [4.78, 5) is 0. The SMILES string of the molecule is [17O]=P(Cl)(Cl)Cl. The van der Waals surface area contributed by atoms with Gasteiger partial charge < -0.3 is 0 Å². The molecule has 0 saturated heterocycles. The van der Waals surface area contributed by atoms with Crippen molar-refractivity contribution in [2.45, 2.75) is 0 Å². The van der Waals surface area contributed by atoms with Crippen LogP contribution in [0.4, 0.5) is 0 Å². The third kappa shape index (κ3) is 40.5. The Bertz CT molecular complexity index is 53.0. The van der Waals surface area contributed by atoms with Crippen molar-refractivity contribution in [2.75, 3.05) is 0 Å². The van der Waals surface area contributed by atoms with E-state index in [-0.39, 0.29) is 0 Å². The van der Waals surface area contributed by atoms with E-state index in [1.807, 2.05) is 0 Å². The molecule has 0 saturated carbocycles. The molecular formula is Cl3OP. The normalized spacial score (nSPS) is 11.8. The van der Waals surface area contributed by atoms with E-state index in [1.54, 1.807) is 0 Å². The molecule has 0 aliphatic rings. The average molecular weight is 154 g/mol. The first kappa shape index (κ1) is 6.10. The fourth-order valence-corrected chi connectivity index (χ4v) is 0. The average Bonchev–Trinajstić information content (AvgIpc) is 0.722. The van der Waals surface area contributed by atoms with Crippen molar-refractivity contribution < 1.29 is 4.57 Å². The molecule has 0 amide bonds. The lowest BCUT2D eigenvalue weighted by molar-refractivity contribution is 0.600. The number of rotatable bonds is 0. The maximum atomic E-state index is 9.51. The minimum atomic E-state index is -3.22. The van der Waals surface area contributed by atoms with Gasteiger partial charge in [-0.05, 0) is 33.7 Å². The van der Waals surface area contributed by atoms with Crippen molar-refractivity contribution >= 4 is 38.9 Å². The lowest BCUT2D eigenvalue weighted by Crippen LogP contribution is -1.19. The van der Waals surface area contributed by atoms with Crippen molar-refractivity contribution in [3.63, 3.8) is 0 Å². The van der Waals surface area contributed by atoms with Gasteiger partial charge in [0.05, 0.1) is 0 Å². The number of halogens is 3. The van der Waals surface area contributed by atoms with Gasteiger partial charge in [0, 0.05) is 0 Å². The Morgan fingerprint density at radius 2 is 1.20 bits per heavy atom. The summed E-state index contributed by atoms with van der Waals surface area (Å²) in [5.74, 6) is 0. The van der Waals surface area contributed by atoms with Crippen LogP contribution in [-0.2, 0) is 4.57 Å². The quantitative estimate of drug-likeness (QED) is 0.490. The second-order valence-corrected chi connectivity index (χ2v) is 7.04. The predicted octanol–water partition coefficient (Wildman–Crippen LogP) is 2.81. The zero-order valence-corrected chi connectivity index (χ0v) is 5.15. The van der Waals surface area contributed by atoms with E-state index in [9.17, 15) is 4.57 Å². The number of hydrogen-bond acceptors (Lipinski definition) is 1. The molecule has 0 atom stereocenters. The highest BCUT2D eigenvalue weighted by molar-refractivity contribution is 8.24. The van der Waals surface area contributed by atoms with Gasteiger partial charge in [0.1, 0.15) is 0 Å². The van der Waals surface area contributed by atoms with Crippen LogP contribution in [0, 0.1) is 0 Å². The molecule has 0 spiro atoms. The summed E-state index contributed by atoms with van der Waals surface area (Å²) in [6.45, 7) is 0. The highest BCUT2D eigenvalue weighted by atomic mass is 36.0. The molecule has 0 rings (SSSR count). The third-order valence-corrected chi connectivity index (χ3v) is 0. The standard InChI is InChI=1S/Cl3OP/c1-5(2,3)4/i4+1. The third-order valence-electron chi connectivity index (χ3n) is 0. The molecule has 0 fully saturated rings. The van der Waals surface area contributed by atoms with Gasteiger partial charge in [-0.3, -0.25) is 4.57 Å². The summed E-state index contributed by atoms with van der Waals surface area (Å²) >= 11 is 13.8. The molecule has 32 valence electrons. The maximum Gasteiger partial charge on any atom is 0.339 e. The first-order valence-electron chi connectivity index (χ1n) is 0.690. The Morgan fingerprint density at radius 3 is 1.20 bits per heavy atom. The van der Waals surface area contributed by atoms with Crippen LogP contribution >= 0.6 is 38.9 Å². The van der Waals surface area contributed by atoms with Crippen molar-refractivity contribution in [2.24, 2.45) is 0 Å². The Kier molecular flexibility index (Phi) is 2.07. The molecule has 0 aliphatic carbocycles. The minimum Gasteiger partial charge on any atom is -0.271 e. The van der Waals surface area contributed by atoms with Gasteiger partial charge in [0.15, 0.2) is 0 Å². The first-order chi connectivity index (χ1) is 2.00. The molecule has 5 heteroatoms. The summed E-state index contributed by atoms with van der Waals surface area (Å²) in [6.07, 6.45) is 0. The summed E-state index contributed by atoms with van der Waals surface area (Å²) in [7, 11) is 0. The van der Waals surface area contributed by atoms with Crippen LogP contribution in [0.5, 0.6) is 0 Å². The fraction of sp³-hybridized carbons (Fsp3) is 0. The van der Waals surface area contributed by atoms with Gasteiger partial charge in [-0.15, -0.1) is 0 Å². The highest BCUT2D eigenvalue weighted by Gasteiger charge is 2.02. The van der Waals surface area contributed by atoms with Gasteiger partial charge in [-0.25, -0.2) is 0 Å². The van der Waals surface area contributed by atoms with Gasteiger partial charge >= 0.3 is 5.20 Å². The predicted molar refractivity (Wildman–Crippen MR) is 25.2 cm³/mol. The van der Waals surface area contributed by atoms with Crippen LogP contribution in [0.25, 0.3) is 0 Å². The van der Waals surface area contributed by atoms with Crippen LogP contribution < -0.4 is 0 Å². The van der Waals surface area contributed by atoms with E-state index in [2.05, 4.69) is 33.7 Å². The zero-order chi connectivity index (χ0) is 4.50. The van der Waals surface area contributed by atoms with E-state index in [1.165, 1.54) is 0 Å². The highest BCUT2D eigenvalue weighted by Crippen LogP contribution is 2.61. The molecule has 1 nitrogen and oxygen atoms in total. The molecule has 0 aromatic rings. The molecule has 0 unspecified atom stereocenters. The lowest BCUT2D eigenvalue weighted by Gasteiger charge is -1.74. The van der Waals surface area contributed by atoms with Gasteiger partial charge in [-0.2, -0.15) is 0 Å². The zero-order valence-electron chi connectivity index (χ0n) is 1.99. The van der Waals surface area contributed by atoms with Crippen LogP contribution in [-0.4, -0.2) is 0 Å².